The molecular weight excluding hydrogens is 234 g/mol. The van der Waals surface area contributed by atoms with Crippen molar-refractivity contribution in [1.29, 1.82) is 0 Å². The molecule has 0 aromatic heterocycles. The minimum Gasteiger partial charge on any atom is -0.481 e. The Morgan fingerprint density at radius 2 is 1.88 bits per heavy atom. The van der Waals surface area contributed by atoms with E-state index in [1.807, 2.05) is 0 Å². The van der Waals surface area contributed by atoms with Gasteiger partial charge in [-0.2, -0.15) is 0 Å². The molecule has 0 heterocycles. The highest BCUT2D eigenvalue weighted by atomic mass is 19.1. The lowest BCUT2D eigenvalue weighted by Gasteiger charge is -2.01. The summed E-state index contributed by atoms with van der Waals surface area (Å²) in [4.78, 5) is 20.7. The van der Waals surface area contributed by atoms with E-state index in [2.05, 4.69) is 11.8 Å². The number of carboxylic acid groups (broad SMARTS) is 2. The van der Waals surface area contributed by atoms with Crippen LogP contribution in [0.25, 0.3) is 0 Å². The summed E-state index contributed by atoms with van der Waals surface area (Å²) in [6, 6.07) is 1.71. The summed E-state index contributed by atoms with van der Waals surface area (Å²) in [5, 5.41) is 16.9. The van der Waals surface area contributed by atoms with Gasteiger partial charge in [-0.05, 0) is 12.1 Å². The lowest BCUT2D eigenvalue weighted by Crippen LogP contribution is -2.06. The molecule has 0 unspecified atom stereocenters. The zero-order valence-corrected chi connectivity index (χ0v) is 8.33. The molecule has 6 heteroatoms. The van der Waals surface area contributed by atoms with Gasteiger partial charge in [0.15, 0.2) is 5.82 Å². The highest BCUT2D eigenvalue weighted by Crippen LogP contribution is 2.16. The molecule has 0 saturated heterocycles. The molecule has 0 aliphatic rings. The molecule has 0 amide bonds. The van der Waals surface area contributed by atoms with Crippen molar-refractivity contribution < 1.29 is 28.6 Å². The van der Waals surface area contributed by atoms with Gasteiger partial charge < -0.3 is 10.2 Å². The average molecular weight is 240 g/mol. The topological polar surface area (TPSA) is 74.6 Å². The minimum atomic E-state index is -1.75. The van der Waals surface area contributed by atoms with E-state index in [0.29, 0.717) is 0 Å². The lowest BCUT2D eigenvalue weighted by molar-refractivity contribution is -0.135. The average Bonchev–Trinajstić information content (AvgIpc) is 2.20. The van der Waals surface area contributed by atoms with Crippen LogP contribution in [0.15, 0.2) is 12.1 Å². The second-order valence-corrected chi connectivity index (χ2v) is 2.96. The second-order valence-electron chi connectivity index (χ2n) is 2.96. The molecule has 1 rings (SSSR count). The van der Waals surface area contributed by atoms with E-state index in [0.717, 1.165) is 12.1 Å². The van der Waals surface area contributed by atoms with Crippen molar-refractivity contribution in [3.8, 4) is 11.8 Å². The standard InChI is InChI=1S/C11H6F2O4/c12-7-5-4-6(2-1-3-8(14)15)10(13)9(7)11(16)17/h4-5H,3H2,(H,14,15)(H,16,17). The van der Waals surface area contributed by atoms with Crippen molar-refractivity contribution >= 4 is 11.9 Å². The largest absolute Gasteiger partial charge is 0.481 e. The molecule has 4 nitrogen and oxygen atoms in total. The zero-order chi connectivity index (χ0) is 13.0. The first-order chi connectivity index (χ1) is 7.93. The van der Waals surface area contributed by atoms with Crippen LogP contribution >= 0.6 is 0 Å². The van der Waals surface area contributed by atoms with Gasteiger partial charge in [-0.1, -0.05) is 11.8 Å². The number of carboxylic acids is 2. The van der Waals surface area contributed by atoms with Crippen LogP contribution in [-0.2, 0) is 4.79 Å². The van der Waals surface area contributed by atoms with Crippen LogP contribution < -0.4 is 0 Å². The van der Waals surface area contributed by atoms with Gasteiger partial charge >= 0.3 is 11.9 Å². The molecule has 0 fully saturated rings. The molecule has 1 aromatic carbocycles. The quantitative estimate of drug-likeness (QED) is 0.768. The van der Waals surface area contributed by atoms with Crippen LogP contribution in [0, 0.1) is 23.5 Å². The molecule has 0 saturated carbocycles. The summed E-state index contributed by atoms with van der Waals surface area (Å²) in [5.74, 6) is -1.21. The van der Waals surface area contributed by atoms with Gasteiger partial charge in [-0.15, -0.1) is 0 Å². The van der Waals surface area contributed by atoms with Crippen molar-refractivity contribution in [2.45, 2.75) is 6.42 Å². The van der Waals surface area contributed by atoms with Gasteiger partial charge in [-0.3, -0.25) is 4.79 Å². The normalized spacial score (nSPS) is 9.29. The Bertz CT molecular complexity index is 540. The number of halogens is 2. The lowest BCUT2D eigenvalue weighted by atomic mass is 10.1. The second kappa shape index (κ2) is 5.07. The van der Waals surface area contributed by atoms with Crippen LogP contribution in [0.5, 0.6) is 0 Å². The van der Waals surface area contributed by atoms with Gasteiger partial charge in [-0.25, -0.2) is 13.6 Å². The highest BCUT2D eigenvalue weighted by Gasteiger charge is 2.18. The summed E-state index contributed by atoms with van der Waals surface area (Å²) in [6.45, 7) is 0. The molecule has 0 atom stereocenters. The molecule has 0 bridgehead atoms. The van der Waals surface area contributed by atoms with Crippen molar-refractivity contribution in [2.24, 2.45) is 0 Å². The van der Waals surface area contributed by atoms with Gasteiger partial charge in [0.1, 0.15) is 17.8 Å². The molecule has 17 heavy (non-hydrogen) atoms. The third kappa shape index (κ3) is 3.01. The summed E-state index contributed by atoms with van der Waals surface area (Å²) >= 11 is 0. The Balaban J connectivity index is 3.18. The molecule has 0 aliphatic carbocycles. The van der Waals surface area contributed by atoms with Crippen molar-refractivity contribution in [1.82, 2.24) is 0 Å². The highest BCUT2D eigenvalue weighted by molar-refractivity contribution is 5.88. The fourth-order valence-electron chi connectivity index (χ4n) is 1.06. The third-order valence-electron chi connectivity index (χ3n) is 1.77. The number of rotatable bonds is 2. The monoisotopic (exact) mass is 240 g/mol. The number of aromatic carboxylic acids is 1. The van der Waals surface area contributed by atoms with Crippen molar-refractivity contribution in [3.05, 3.63) is 34.9 Å². The molecule has 0 aliphatic heterocycles. The van der Waals surface area contributed by atoms with Crippen LogP contribution in [0.3, 0.4) is 0 Å². The van der Waals surface area contributed by atoms with Crippen LogP contribution in [-0.4, -0.2) is 22.2 Å². The van der Waals surface area contributed by atoms with E-state index < -0.39 is 35.6 Å². The molecule has 2 N–H and O–H groups in total. The van der Waals surface area contributed by atoms with Crippen molar-refractivity contribution in [3.63, 3.8) is 0 Å². The minimum absolute atomic E-state index is 0.356. The maximum atomic E-state index is 13.4. The van der Waals surface area contributed by atoms with Crippen molar-refractivity contribution in [2.75, 3.05) is 0 Å². The van der Waals surface area contributed by atoms with Crippen LogP contribution in [0.2, 0.25) is 0 Å². The van der Waals surface area contributed by atoms with E-state index in [4.69, 9.17) is 10.2 Å². The first-order valence-corrected chi connectivity index (χ1v) is 4.35. The Kier molecular flexibility index (Phi) is 3.78. The fourth-order valence-corrected chi connectivity index (χ4v) is 1.06. The number of carbonyl (C=O) groups is 2. The molecule has 88 valence electrons. The maximum Gasteiger partial charge on any atom is 0.341 e. The Morgan fingerprint density at radius 1 is 1.24 bits per heavy atom. The Labute approximate surface area is 94.5 Å². The first kappa shape index (κ1) is 12.6. The van der Waals surface area contributed by atoms with E-state index in [1.54, 1.807) is 0 Å². The fraction of sp³-hybridized carbons (Fsp3) is 0.0909. The Morgan fingerprint density at radius 3 is 2.41 bits per heavy atom. The van der Waals surface area contributed by atoms with Gasteiger partial charge in [0.25, 0.3) is 0 Å². The number of hydrogen-bond acceptors (Lipinski definition) is 2. The van der Waals surface area contributed by atoms with Gasteiger partial charge in [0.05, 0.1) is 5.56 Å². The first-order valence-electron chi connectivity index (χ1n) is 4.35. The van der Waals surface area contributed by atoms with E-state index in [1.165, 1.54) is 0 Å². The molecule has 0 radical (unpaired) electrons. The van der Waals surface area contributed by atoms with E-state index in [-0.39, 0.29) is 5.56 Å². The Hall–Kier alpha value is -2.42. The molecular formula is C11H6F2O4. The number of aliphatic carboxylic acids is 1. The van der Waals surface area contributed by atoms with E-state index in [9.17, 15) is 18.4 Å². The van der Waals surface area contributed by atoms with E-state index >= 15 is 0 Å². The SMILES string of the molecule is O=C(O)CC#Cc1ccc(F)c(C(=O)O)c1F. The third-order valence-corrected chi connectivity index (χ3v) is 1.77. The predicted molar refractivity (Wildman–Crippen MR) is 52.4 cm³/mol. The molecule has 1 aromatic rings. The van der Waals surface area contributed by atoms with Gasteiger partial charge in [0, 0.05) is 0 Å². The summed E-state index contributed by atoms with van der Waals surface area (Å²) in [5.41, 5.74) is -1.46. The summed E-state index contributed by atoms with van der Waals surface area (Å²) in [6.07, 6.45) is -0.515. The smallest absolute Gasteiger partial charge is 0.341 e. The predicted octanol–water partition coefficient (Wildman–Crippen LogP) is 1.49. The van der Waals surface area contributed by atoms with Crippen LogP contribution in [0.1, 0.15) is 22.3 Å². The van der Waals surface area contributed by atoms with Crippen LogP contribution in [0.4, 0.5) is 8.78 Å². The molecule has 0 spiro atoms. The summed E-state index contributed by atoms with van der Waals surface area (Å²) < 4.78 is 26.4. The van der Waals surface area contributed by atoms with Gasteiger partial charge in [0.2, 0.25) is 0 Å². The number of benzene rings is 1. The maximum absolute atomic E-state index is 13.4. The summed E-state index contributed by atoms with van der Waals surface area (Å²) in [7, 11) is 0. The number of hydrogen-bond donors (Lipinski definition) is 2. The zero-order valence-electron chi connectivity index (χ0n) is 8.33.